The molecule has 1 N–H and O–H groups in total. The van der Waals surface area contributed by atoms with Crippen molar-refractivity contribution in [3.8, 4) is 0 Å². The molecule has 2 aromatic carbocycles. The van der Waals surface area contributed by atoms with Crippen molar-refractivity contribution in [1.82, 2.24) is 4.31 Å². The van der Waals surface area contributed by atoms with Crippen molar-refractivity contribution in [1.29, 1.82) is 0 Å². The molecule has 9 nitrogen and oxygen atoms in total. The van der Waals surface area contributed by atoms with E-state index in [4.69, 9.17) is 21.1 Å². The van der Waals surface area contributed by atoms with Gasteiger partial charge in [-0.2, -0.15) is 0 Å². The van der Waals surface area contributed by atoms with Crippen molar-refractivity contribution in [2.75, 3.05) is 32.6 Å². The lowest BCUT2D eigenvalue weighted by molar-refractivity contribution is -0.119. The van der Waals surface area contributed by atoms with Gasteiger partial charge in [0.2, 0.25) is 10.0 Å². The van der Waals surface area contributed by atoms with Crippen molar-refractivity contribution in [2.24, 2.45) is 0 Å². The summed E-state index contributed by atoms with van der Waals surface area (Å²) in [5.74, 6) is -2.03. The Hall–Kier alpha value is -2.95. The van der Waals surface area contributed by atoms with Crippen LogP contribution in [0.15, 0.2) is 47.4 Å². The van der Waals surface area contributed by atoms with E-state index in [1.807, 2.05) is 6.92 Å². The number of unbranched alkanes of at least 4 members (excludes halogenated alkanes) is 1. The molecular formula is C22H25ClN2O7S. The molecular weight excluding hydrogens is 472 g/mol. The first-order valence-corrected chi connectivity index (χ1v) is 11.8. The molecule has 0 radical (unpaired) electrons. The molecule has 178 valence electrons. The lowest BCUT2D eigenvalue weighted by Gasteiger charge is -2.13. The SMILES string of the molecule is CCCCOC(=O)c1ccc(NC(=O)COC(=O)c2cc(S(=O)(=O)N(C)C)ccc2Cl)cc1. The van der Waals surface area contributed by atoms with E-state index in [1.54, 1.807) is 0 Å². The van der Waals surface area contributed by atoms with Crippen LogP contribution < -0.4 is 5.32 Å². The minimum absolute atomic E-state index is 0.0143. The molecule has 11 heteroatoms. The average Bonchev–Trinajstić information content (AvgIpc) is 2.78. The van der Waals surface area contributed by atoms with Gasteiger partial charge in [0.1, 0.15) is 0 Å². The molecule has 0 saturated heterocycles. The smallest absolute Gasteiger partial charge is 0.340 e. The summed E-state index contributed by atoms with van der Waals surface area (Å²) in [6.07, 6.45) is 1.69. The van der Waals surface area contributed by atoms with Crippen LogP contribution in [0.2, 0.25) is 5.02 Å². The Bertz CT molecular complexity index is 1120. The number of sulfonamides is 1. The minimum Gasteiger partial charge on any atom is -0.462 e. The highest BCUT2D eigenvalue weighted by Gasteiger charge is 2.22. The zero-order valence-electron chi connectivity index (χ0n) is 18.5. The Morgan fingerprint density at radius 2 is 1.67 bits per heavy atom. The fourth-order valence-electron chi connectivity index (χ4n) is 2.52. The van der Waals surface area contributed by atoms with E-state index in [0.717, 1.165) is 23.2 Å². The highest BCUT2D eigenvalue weighted by molar-refractivity contribution is 7.89. The Morgan fingerprint density at radius 3 is 2.27 bits per heavy atom. The molecule has 33 heavy (non-hydrogen) atoms. The molecule has 0 bridgehead atoms. The van der Waals surface area contributed by atoms with Gasteiger partial charge in [-0.1, -0.05) is 24.9 Å². The van der Waals surface area contributed by atoms with Crippen LogP contribution in [-0.2, 0) is 24.3 Å². The van der Waals surface area contributed by atoms with Crippen molar-refractivity contribution in [2.45, 2.75) is 24.7 Å². The number of rotatable bonds is 10. The number of nitrogens with zero attached hydrogens (tertiary/aromatic N) is 1. The van der Waals surface area contributed by atoms with E-state index in [-0.39, 0.29) is 15.5 Å². The zero-order chi connectivity index (χ0) is 24.6. The third-order valence-corrected chi connectivity index (χ3v) is 6.55. The van der Waals surface area contributed by atoms with E-state index < -0.39 is 34.5 Å². The number of anilines is 1. The van der Waals surface area contributed by atoms with Crippen LogP contribution in [0.3, 0.4) is 0 Å². The number of esters is 2. The van der Waals surface area contributed by atoms with Crippen LogP contribution in [0.25, 0.3) is 0 Å². The molecule has 0 aromatic heterocycles. The highest BCUT2D eigenvalue weighted by atomic mass is 35.5. The first kappa shape index (κ1) is 26.3. The summed E-state index contributed by atoms with van der Waals surface area (Å²) in [5, 5.41) is 2.51. The van der Waals surface area contributed by atoms with Gasteiger partial charge in [0.25, 0.3) is 5.91 Å². The second-order valence-electron chi connectivity index (χ2n) is 7.12. The standard InChI is InChI=1S/C22H25ClN2O7S/c1-4-5-12-31-21(27)15-6-8-16(9-7-15)24-20(26)14-32-22(28)18-13-17(10-11-19(18)23)33(29,30)25(2)3/h6-11,13H,4-5,12,14H2,1-3H3,(H,24,26). The number of carbonyl (C=O) groups is 3. The molecule has 0 aliphatic carbocycles. The lowest BCUT2D eigenvalue weighted by Crippen LogP contribution is -2.23. The molecule has 0 saturated carbocycles. The third kappa shape index (κ3) is 7.28. The Balaban J connectivity index is 1.96. The van der Waals surface area contributed by atoms with Crippen LogP contribution in [0.5, 0.6) is 0 Å². The van der Waals surface area contributed by atoms with Crippen LogP contribution in [0, 0.1) is 0 Å². The third-order valence-electron chi connectivity index (χ3n) is 4.41. The van der Waals surface area contributed by atoms with Gasteiger partial charge >= 0.3 is 11.9 Å². The van der Waals surface area contributed by atoms with Gasteiger partial charge in [-0.05, 0) is 48.9 Å². The van der Waals surface area contributed by atoms with Gasteiger partial charge in [-0.3, -0.25) is 4.79 Å². The number of hydrogen-bond acceptors (Lipinski definition) is 7. The molecule has 0 fully saturated rings. The van der Waals surface area contributed by atoms with Crippen molar-refractivity contribution < 1.29 is 32.3 Å². The molecule has 2 aromatic rings. The van der Waals surface area contributed by atoms with Gasteiger partial charge < -0.3 is 14.8 Å². The van der Waals surface area contributed by atoms with Gasteiger partial charge in [0.05, 0.1) is 27.7 Å². The fraction of sp³-hybridized carbons (Fsp3) is 0.318. The van der Waals surface area contributed by atoms with E-state index >= 15 is 0 Å². The number of amides is 1. The first-order valence-electron chi connectivity index (χ1n) is 10.0. The van der Waals surface area contributed by atoms with Gasteiger partial charge in [0, 0.05) is 19.8 Å². The zero-order valence-corrected chi connectivity index (χ0v) is 20.0. The van der Waals surface area contributed by atoms with Crippen LogP contribution in [0.1, 0.15) is 40.5 Å². The van der Waals surface area contributed by atoms with E-state index in [9.17, 15) is 22.8 Å². The van der Waals surface area contributed by atoms with Gasteiger partial charge in [0.15, 0.2) is 6.61 Å². The van der Waals surface area contributed by atoms with Crippen molar-refractivity contribution in [3.05, 3.63) is 58.6 Å². The predicted octanol–water partition coefficient (Wildman–Crippen LogP) is 3.34. The van der Waals surface area contributed by atoms with Crippen LogP contribution in [-0.4, -0.2) is 57.9 Å². The normalized spacial score (nSPS) is 11.2. The quantitative estimate of drug-likeness (QED) is 0.395. The maximum absolute atomic E-state index is 12.4. The first-order chi connectivity index (χ1) is 15.6. The van der Waals surface area contributed by atoms with E-state index in [1.165, 1.54) is 50.5 Å². The Kier molecular flexibility index (Phi) is 9.39. The molecule has 0 heterocycles. The number of carbonyl (C=O) groups excluding carboxylic acids is 3. The number of halogens is 1. The van der Waals surface area contributed by atoms with Crippen LogP contribution >= 0.6 is 11.6 Å². The molecule has 0 spiro atoms. The summed E-state index contributed by atoms with van der Waals surface area (Å²) in [6.45, 7) is 1.71. The molecule has 2 rings (SSSR count). The van der Waals surface area contributed by atoms with Crippen molar-refractivity contribution in [3.63, 3.8) is 0 Å². The summed E-state index contributed by atoms with van der Waals surface area (Å²) < 4.78 is 35.6. The number of benzene rings is 2. The number of hydrogen-bond donors (Lipinski definition) is 1. The number of nitrogens with one attached hydrogen (secondary N) is 1. The van der Waals surface area contributed by atoms with Gasteiger partial charge in [-0.25, -0.2) is 22.3 Å². The van der Waals surface area contributed by atoms with E-state index in [2.05, 4.69) is 5.32 Å². The Labute approximate surface area is 197 Å². The monoisotopic (exact) mass is 496 g/mol. The second-order valence-corrected chi connectivity index (χ2v) is 9.68. The van der Waals surface area contributed by atoms with Crippen molar-refractivity contribution >= 4 is 45.2 Å². The lowest BCUT2D eigenvalue weighted by atomic mass is 10.2. The van der Waals surface area contributed by atoms with E-state index in [0.29, 0.717) is 17.9 Å². The molecule has 1 amide bonds. The summed E-state index contributed by atoms with van der Waals surface area (Å²) in [7, 11) is -1.07. The fourth-order valence-corrected chi connectivity index (χ4v) is 3.64. The highest BCUT2D eigenvalue weighted by Crippen LogP contribution is 2.23. The van der Waals surface area contributed by atoms with Gasteiger partial charge in [-0.15, -0.1) is 0 Å². The molecule has 0 aliphatic heterocycles. The summed E-state index contributed by atoms with van der Waals surface area (Å²) in [6, 6.07) is 9.67. The maximum atomic E-state index is 12.4. The summed E-state index contributed by atoms with van der Waals surface area (Å²) in [5.41, 5.74) is 0.550. The maximum Gasteiger partial charge on any atom is 0.340 e. The molecule has 0 aliphatic rings. The largest absolute Gasteiger partial charge is 0.462 e. The Morgan fingerprint density at radius 1 is 1.00 bits per heavy atom. The summed E-state index contributed by atoms with van der Waals surface area (Å²) in [4.78, 5) is 36.2. The average molecular weight is 497 g/mol. The van der Waals surface area contributed by atoms with Crippen LogP contribution in [0.4, 0.5) is 5.69 Å². The minimum atomic E-state index is -3.78. The number of ether oxygens (including phenoxy) is 2. The molecule has 0 unspecified atom stereocenters. The summed E-state index contributed by atoms with van der Waals surface area (Å²) >= 11 is 6.00. The topological polar surface area (TPSA) is 119 Å². The second kappa shape index (κ2) is 11.8. The predicted molar refractivity (Wildman–Crippen MR) is 123 cm³/mol. The molecule has 0 atom stereocenters.